The van der Waals surface area contributed by atoms with Gasteiger partial charge in [0.25, 0.3) is 5.56 Å². The highest BCUT2D eigenvalue weighted by Gasteiger charge is 2.23. The third-order valence-corrected chi connectivity index (χ3v) is 6.26. The van der Waals surface area contributed by atoms with Gasteiger partial charge in [-0.05, 0) is 25.6 Å². The highest BCUT2D eigenvalue weighted by atomic mass is 32.2. The Morgan fingerprint density at radius 3 is 2.65 bits per heavy atom. The van der Waals surface area contributed by atoms with Crippen molar-refractivity contribution in [3.63, 3.8) is 0 Å². The van der Waals surface area contributed by atoms with Gasteiger partial charge >= 0.3 is 0 Å². The van der Waals surface area contributed by atoms with Crippen molar-refractivity contribution in [2.75, 3.05) is 31.1 Å². The van der Waals surface area contributed by atoms with Crippen molar-refractivity contribution in [2.45, 2.75) is 29.9 Å². The summed E-state index contributed by atoms with van der Waals surface area (Å²) in [5.74, 6) is 0.822. The number of aromatic nitrogens is 6. The van der Waals surface area contributed by atoms with Crippen LogP contribution in [0.4, 0.5) is 5.95 Å². The van der Waals surface area contributed by atoms with E-state index in [1.54, 1.807) is 11.6 Å². The number of aryl methyl sites for hydroxylation is 2. The van der Waals surface area contributed by atoms with Crippen molar-refractivity contribution >= 4 is 40.2 Å². The van der Waals surface area contributed by atoms with Crippen LogP contribution in [0, 0.1) is 6.92 Å². The number of anilines is 1. The van der Waals surface area contributed by atoms with E-state index in [0.717, 1.165) is 41.5 Å². The molecule has 1 N–H and O–H groups in total. The van der Waals surface area contributed by atoms with Crippen LogP contribution in [-0.4, -0.2) is 55.5 Å². The fraction of sp³-hybridized carbons (Fsp3) is 0.533. The lowest BCUT2D eigenvalue weighted by Gasteiger charge is -2.28. The first-order valence-electron chi connectivity index (χ1n) is 8.49. The van der Waals surface area contributed by atoms with Gasteiger partial charge in [0, 0.05) is 39.8 Å². The zero-order valence-electron chi connectivity index (χ0n) is 14.9. The Hall–Kier alpha value is -1.98. The molecule has 0 aromatic carbocycles. The molecule has 1 aliphatic heterocycles. The van der Waals surface area contributed by atoms with Gasteiger partial charge in [0.05, 0.1) is 0 Å². The minimum absolute atomic E-state index is 0.0885. The summed E-state index contributed by atoms with van der Waals surface area (Å²) in [4.78, 5) is 24.6. The van der Waals surface area contributed by atoms with E-state index in [1.165, 1.54) is 23.1 Å². The molecule has 4 heterocycles. The minimum atomic E-state index is -0.0885. The van der Waals surface area contributed by atoms with Crippen LogP contribution in [0.25, 0.3) is 11.2 Å². The number of nitrogens with zero attached hydrogens (tertiary/aromatic N) is 7. The SMILES string of the molecule is CCn1c(N2CCNCC2)nc2nc(Sc3nnc(C)s3)n(C)c(=O)c21. The first-order valence-corrected chi connectivity index (χ1v) is 10.1. The van der Waals surface area contributed by atoms with Gasteiger partial charge in [-0.25, -0.2) is 4.98 Å². The number of piperazine rings is 1. The van der Waals surface area contributed by atoms with Crippen molar-refractivity contribution in [3.8, 4) is 0 Å². The van der Waals surface area contributed by atoms with Gasteiger partial charge < -0.3 is 14.8 Å². The lowest BCUT2D eigenvalue weighted by molar-refractivity contribution is 0.569. The predicted octanol–water partition coefficient (Wildman–Crippen LogP) is 0.871. The van der Waals surface area contributed by atoms with E-state index in [0.29, 0.717) is 22.9 Å². The molecule has 11 heteroatoms. The lowest BCUT2D eigenvalue weighted by Crippen LogP contribution is -2.44. The van der Waals surface area contributed by atoms with E-state index in [4.69, 9.17) is 4.98 Å². The summed E-state index contributed by atoms with van der Waals surface area (Å²) >= 11 is 2.83. The molecule has 0 atom stereocenters. The Morgan fingerprint density at radius 2 is 2.00 bits per heavy atom. The molecule has 0 unspecified atom stereocenters. The average molecular weight is 393 g/mol. The van der Waals surface area contributed by atoms with Gasteiger partial charge in [-0.1, -0.05) is 11.3 Å². The van der Waals surface area contributed by atoms with Crippen LogP contribution in [0.2, 0.25) is 0 Å². The summed E-state index contributed by atoms with van der Waals surface area (Å²) in [5.41, 5.74) is 0.961. The van der Waals surface area contributed by atoms with Crippen molar-refractivity contribution < 1.29 is 0 Å². The molecule has 0 radical (unpaired) electrons. The summed E-state index contributed by atoms with van der Waals surface area (Å²) < 4.78 is 4.31. The third-order valence-electron chi connectivity index (χ3n) is 4.33. The highest BCUT2D eigenvalue weighted by Crippen LogP contribution is 2.29. The maximum atomic E-state index is 13.0. The van der Waals surface area contributed by atoms with Gasteiger partial charge in [0.15, 0.2) is 20.7 Å². The molecule has 0 saturated carbocycles. The Morgan fingerprint density at radius 1 is 1.23 bits per heavy atom. The molecular weight excluding hydrogens is 372 g/mol. The summed E-state index contributed by atoms with van der Waals surface area (Å²) in [5, 5.41) is 12.9. The van der Waals surface area contributed by atoms with Gasteiger partial charge in [-0.15, -0.1) is 10.2 Å². The molecule has 1 saturated heterocycles. The first-order chi connectivity index (χ1) is 12.6. The van der Waals surface area contributed by atoms with Gasteiger partial charge in [-0.2, -0.15) is 4.98 Å². The van der Waals surface area contributed by atoms with E-state index in [-0.39, 0.29) is 5.56 Å². The van der Waals surface area contributed by atoms with Crippen LogP contribution in [0.3, 0.4) is 0 Å². The maximum absolute atomic E-state index is 13.0. The van der Waals surface area contributed by atoms with E-state index < -0.39 is 0 Å². The number of nitrogens with one attached hydrogen (secondary N) is 1. The highest BCUT2D eigenvalue weighted by molar-refractivity contribution is 8.00. The Bertz CT molecular complexity index is 1000. The van der Waals surface area contributed by atoms with Crippen LogP contribution in [0.1, 0.15) is 11.9 Å². The van der Waals surface area contributed by atoms with E-state index in [2.05, 4.69) is 25.4 Å². The van der Waals surface area contributed by atoms with Crippen LogP contribution in [0.15, 0.2) is 14.3 Å². The summed E-state index contributed by atoms with van der Waals surface area (Å²) in [6.07, 6.45) is 0. The van der Waals surface area contributed by atoms with Crippen LogP contribution in [-0.2, 0) is 13.6 Å². The molecule has 9 nitrogen and oxygen atoms in total. The molecule has 0 amide bonds. The minimum Gasteiger partial charge on any atom is -0.340 e. The van der Waals surface area contributed by atoms with Crippen LogP contribution < -0.4 is 15.8 Å². The average Bonchev–Trinajstić information content (AvgIpc) is 3.23. The second-order valence-corrected chi connectivity index (χ2v) is 8.41. The van der Waals surface area contributed by atoms with Crippen LogP contribution in [0.5, 0.6) is 0 Å². The van der Waals surface area contributed by atoms with Gasteiger partial charge in [0.1, 0.15) is 5.01 Å². The standard InChI is InChI=1S/C15H20N8OS2/c1-4-23-10-11(17-13(23)22-7-5-16-6-8-22)18-14(21(3)12(10)24)26-15-20-19-9(2)25-15/h16H,4-8H2,1-3H3. The van der Waals surface area contributed by atoms with E-state index >= 15 is 0 Å². The zero-order valence-corrected chi connectivity index (χ0v) is 16.5. The zero-order chi connectivity index (χ0) is 18.3. The number of fused-ring (bicyclic) bond motifs is 1. The van der Waals surface area contributed by atoms with Crippen molar-refractivity contribution in [1.29, 1.82) is 0 Å². The molecule has 3 aromatic heterocycles. The van der Waals surface area contributed by atoms with Crippen LogP contribution >= 0.6 is 23.1 Å². The molecule has 0 bridgehead atoms. The Labute approximate surface area is 158 Å². The van der Waals surface area contributed by atoms with Gasteiger partial charge in [0.2, 0.25) is 5.95 Å². The predicted molar refractivity (Wildman–Crippen MR) is 102 cm³/mol. The third kappa shape index (κ3) is 2.99. The number of hydrogen-bond donors (Lipinski definition) is 1. The topological polar surface area (TPSA) is 93.8 Å². The van der Waals surface area contributed by atoms with E-state index in [1.807, 2.05) is 18.4 Å². The largest absolute Gasteiger partial charge is 0.340 e. The summed E-state index contributed by atoms with van der Waals surface area (Å²) in [6.45, 7) is 8.17. The first kappa shape index (κ1) is 17.4. The maximum Gasteiger partial charge on any atom is 0.280 e. The molecule has 138 valence electrons. The number of hydrogen-bond acceptors (Lipinski definition) is 9. The fourth-order valence-corrected chi connectivity index (χ4v) is 4.78. The van der Waals surface area contributed by atoms with E-state index in [9.17, 15) is 4.79 Å². The molecule has 1 fully saturated rings. The molecule has 4 rings (SSSR count). The van der Waals surface area contributed by atoms with Crippen molar-refractivity contribution in [3.05, 3.63) is 15.4 Å². The second-order valence-electron chi connectivity index (χ2n) is 6.01. The molecular formula is C15H20N8OS2. The summed E-state index contributed by atoms with van der Waals surface area (Å²) in [7, 11) is 1.74. The normalized spacial score (nSPS) is 15.1. The lowest BCUT2D eigenvalue weighted by atomic mass is 10.4. The Balaban J connectivity index is 1.82. The van der Waals surface area contributed by atoms with Crippen molar-refractivity contribution in [2.24, 2.45) is 7.05 Å². The smallest absolute Gasteiger partial charge is 0.280 e. The van der Waals surface area contributed by atoms with Crippen molar-refractivity contribution in [1.82, 2.24) is 34.6 Å². The molecule has 26 heavy (non-hydrogen) atoms. The molecule has 0 aliphatic carbocycles. The quantitative estimate of drug-likeness (QED) is 0.654. The monoisotopic (exact) mass is 392 g/mol. The second kappa shape index (κ2) is 6.97. The van der Waals surface area contributed by atoms with Gasteiger partial charge in [-0.3, -0.25) is 9.36 Å². The molecule has 3 aromatic rings. The molecule has 1 aliphatic rings. The molecule has 0 spiro atoms. The summed E-state index contributed by atoms with van der Waals surface area (Å²) in [6, 6.07) is 0. The number of rotatable bonds is 4. The fourth-order valence-electron chi connectivity index (χ4n) is 3.02. The Kier molecular flexibility index (Phi) is 4.67. The number of imidazole rings is 1.